The van der Waals surface area contributed by atoms with Crippen molar-refractivity contribution >= 4 is 0 Å². The second kappa shape index (κ2) is 5.92. The number of nitrogens with zero attached hydrogens (tertiary/aromatic N) is 1. The molecule has 0 unspecified atom stereocenters. The molecule has 0 aromatic rings. The number of unbranched alkanes of at least 4 members (excludes halogenated alkanes) is 1. The summed E-state index contributed by atoms with van der Waals surface area (Å²) >= 11 is 0. The van der Waals surface area contributed by atoms with Crippen LogP contribution in [0.4, 0.5) is 43.9 Å². The monoisotopic (exact) mass is 325 g/mol. The molecule has 122 valence electrons. The van der Waals surface area contributed by atoms with Crippen molar-refractivity contribution in [1.29, 1.82) is 0 Å². The van der Waals surface area contributed by atoms with Crippen molar-refractivity contribution in [3.05, 3.63) is 0 Å². The van der Waals surface area contributed by atoms with Gasteiger partial charge in [0.1, 0.15) is 0 Å². The summed E-state index contributed by atoms with van der Waals surface area (Å²) in [6, 6.07) is -6.50. The summed E-state index contributed by atoms with van der Waals surface area (Å²) in [5.41, 5.74) is 0. The lowest BCUT2D eigenvalue weighted by Crippen LogP contribution is -2.64. The summed E-state index contributed by atoms with van der Waals surface area (Å²) < 4.78 is 124. The molecule has 0 aliphatic carbocycles. The van der Waals surface area contributed by atoms with Crippen molar-refractivity contribution in [3.63, 3.8) is 0 Å². The summed E-state index contributed by atoms with van der Waals surface area (Å²) in [4.78, 5) is -3.42. The van der Waals surface area contributed by atoms with E-state index < -0.39 is 55.3 Å². The molecule has 0 radical (unpaired) electrons. The third kappa shape index (κ3) is 4.36. The molecule has 0 saturated carbocycles. The molecule has 0 saturated heterocycles. The second-order valence-electron chi connectivity index (χ2n) is 3.70. The van der Waals surface area contributed by atoms with Crippen molar-refractivity contribution in [2.24, 2.45) is 0 Å². The van der Waals surface area contributed by atoms with E-state index in [0.717, 1.165) is 0 Å². The van der Waals surface area contributed by atoms with Crippen LogP contribution in [0.3, 0.4) is 0 Å². The maximum absolute atomic E-state index is 13.0. The van der Waals surface area contributed by atoms with Crippen LogP contribution >= 0.6 is 0 Å². The van der Waals surface area contributed by atoms with E-state index in [1.807, 2.05) is 0 Å². The number of aliphatic hydroxyl groups is 1. The lowest BCUT2D eigenvalue weighted by molar-refractivity contribution is -0.469. The zero-order chi connectivity index (χ0) is 16.4. The van der Waals surface area contributed by atoms with Crippen LogP contribution in [0.15, 0.2) is 0 Å². The predicted molar refractivity (Wildman–Crippen MR) is 44.8 cm³/mol. The number of hydrogen-bond donors (Lipinski definition) is 1. The molecule has 0 aliphatic heterocycles. The predicted octanol–water partition coefficient (Wildman–Crippen LogP) is 3.72. The highest BCUT2D eigenvalue weighted by molar-refractivity contribution is 4.87. The van der Waals surface area contributed by atoms with E-state index in [0.29, 0.717) is 0 Å². The molecular weight excluding hydrogens is 316 g/mol. The van der Waals surface area contributed by atoms with E-state index in [-0.39, 0.29) is 0 Å². The van der Waals surface area contributed by atoms with Crippen molar-refractivity contribution in [3.8, 4) is 0 Å². The number of aliphatic hydroxyl groups excluding tert-OH is 1. The molecule has 0 heterocycles. The summed E-state index contributed by atoms with van der Waals surface area (Å²) in [5.74, 6) is -5.58. The van der Waals surface area contributed by atoms with Gasteiger partial charge >= 0.3 is 24.6 Å². The van der Waals surface area contributed by atoms with E-state index in [9.17, 15) is 43.9 Å². The number of alkyl halides is 10. The van der Waals surface area contributed by atoms with Crippen LogP contribution < -0.4 is 0 Å². The van der Waals surface area contributed by atoms with Crippen LogP contribution in [0, 0.1) is 0 Å². The maximum atomic E-state index is 13.0. The largest absolute Gasteiger partial charge is 0.472 e. The molecule has 0 aromatic carbocycles. The molecule has 0 amide bonds. The van der Waals surface area contributed by atoms with Crippen LogP contribution in [0.25, 0.3) is 0 Å². The van der Waals surface area contributed by atoms with Gasteiger partial charge in [0.15, 0.2) is 0 Å². The third-order valence-corrected chi connectivity index (χ3v) is 2.13. The zero-order valence-corrected chi connectivity index (χ0v) is 9.50. The highest BCUT2D eigenvalue weighted by Gasteiger charge is 2.74. The first-order valence-corrected chi connectivity index (χ1v) is 4.98. The van der Waals surface area contributed by atoms with Gasteiger partial charge in [-0.15, -0.1) is 0 Å². The van der Waals surface area contributed by atoms with Gasteiger partial charge in [-0.25, -0.2) is 0 Å². The van der Waals surface area contributed by atoms with Crippen LogP contribution in [0.2, 0.25) is 0 Å². The molecule has 12 heteroatoms. The Hall–Kier alpha value is -0.780. The fourth-order valence-corrected chi connectivity index (χ4v) is 1.23. The van der Waals surface area contributed by atoms with Gasteiger partial charge in [0, 0.05) is 13.0 Å². The van der Waals surface area contributed by atoms with Crippen molar-refractivity contribution in [2.75, 3.05) is 6.61 Å². The Bertz CT molecular complexity index is 295. The van der Waals surface area contributed by atoms with Crippen LogP contribution in [-0.2, 0) is 0 Å². The third-order valence-electron chi connectivity index (χ3n) is 2.13. The Labute approximate surface area is 106 Å². The molecule has 0 atom stereocenters. The van der Waals surface area contributed by atoms with Gasteiger partial charge < -0.3 is 5.11 Å². The minimum atomic E-state index is -6.73. The van der Waals surface area contributed by atoms with Gasteiger partial charge in [0.2, 0.25) is 0 Å². The minimum Gasteiger partial charge on any atom is -0.396 e. The van der Waals surface area contributed by atoms with Gasteiger partial charge in [0.25, 0.3) is 0 Å². The van der Waals surface area contributed by atoms with E-state index in [1.54, 1.807) is 0 Å². The van der Waals surface area contributed by atoms with Crippen molar-refractivity contribution in [2.45, 2.75) is 43.8 Å². The molecule has 2 nitrogen and oxygen atoms in total. The van der Waals surface area contributed by atoms with Gasteiger partial charge in [-0.2, -0.15) is 43.9 Å². The Morgan fingerprint density at radius 2 is 1.10 bits per heavy atom. The fourth-order valence-electron chi connectivity index (χ4n) is 1.23. The first-order chi connectivity index (χ1) is 8.68. The molecule has 0 rings (SSSR count). The molecule has 1 N–H and O–H groups in total. The molecule has 0 fully saturated rings. The Balaban J connectivity index is 5.42. The van der Waals surface area contributed by atoms with Crippen molar-refractivity contribution < 1.29 is 49.0 Å². The minimum absolute atomic E-state index is 0.469. The van der Waals surface area contributed by atoms with E-state index >= 15 is 0 Å². The van der Waals surface area contributed by atoms with Crippen LogP contribution in [0.5, 0.6) is 0 Å². The zero-order valence-electron chi connectivity index (χ0n) is 9.50. The normalized spacial score (nSPS) is 15.0. The summed E-state index contributed by atoms with van der Waals surface area (Å²) in [7, 11) is 0. The van der Waals surface area contributed by atoms with Crippen LogP contribution in [-0.4, -0.2) is 41.2 Å². The average Bonchev–Trinajstić information content (AvgIpc) is 2.11. The SMILES string of the molecule is OCCCCC(F)(F)C(F)(F)N(C(F)(F)F)C(F)(F)F. The Morgan fingerprint density at radius 3 is 1.40 bits per heavy atom. The Kier molecular flexibility index (Phi) is 5.69. The topological polar surface area (TPSA) is 23.5 Å². The molecular formula is C8H9F10NO. The molecule has 0 aromatic heterocycles. The van der Waals surface area contributed by atoms with E-state index in [1.165, 1.54) is 0 Å². The van der Waals surface area contributed by atoms with E-state index in [4.69, 9.17) is 5.11 Å². The molecule has 0 aliphatic rings. The van der Waals surface area contributed by atoms with Gasteiger partial charge in [0.05, 0.1) is 0 Å². The number of hydrogen-bond acceptors (Lipinski definition) is 2. The lowest BCUT2D eigenvalue weighted by Gasteiger charge is -2.37. The molecule has 0 spiro atoms. The molecule has 0 bridgehead atoms. The first kappa shape index (κ1) is 19.2. The second-order valence-corrected chi connectivity index (χ2v) is 3.70. The fraction of sp³-hybridized carbons (Fsp3) is 1.00. The standard InChI is InChI=1S/C8H9F10NO/c9-5(10,3-1-2-4-20)6(11,12)19(7(13,14)15)8(16,17)18/h20H,1-4H2. The average molecular weight is 325 g/mol. The van der Waals surface area contributed by atoms with E-state index in [2.05, 4.69) is 0 Å². The summed E-state index contributed by atoms with van der Waals surface area (Å²) in [5, 5.41) is 8.23. The maximum Gasteiger partial charge on any atom is 0.472 e. The van der Waals surface area contributed by atoms with Gasteiger partial charge in [-0.05, 0) is 12.8 Å². The Morgan fingerprint density at radius 1 is 0.700 bits per heavy atom. The van der Waals surface area contributed by atoms with Gasteiger partial charge in [-0.3, -0.25) is 0 Å². The highest BCUT2D eigenvalue weighted by atomic mass is 19.4. The summed E-state index contributed by atoms with van der Waals surface area (Å²) in [6.45, 7) is -0.718. The quantitative estimate of drug-likeness (QED) is 0.457. The lowest BCUT2D eigenvalue weighted by atomic mass is 10.1. The highest BCUT2D eigenvalue weighted by Crippen LogP contribution is 2.49. The van der Waals surface area contributed by atoms with Crippen LogP contribution in [0.1, 0.15) is 19.3 Å². The summed E-state index contributed by atoms with van der Waals surface area (Å²) in [6.07, 6.45) is -16.8. The van der Waals surface area contributed by atoms with Crippen molar-refractivity contribution in [1.82, 2.24) is 4.90 Å². The van der Waals surface area contributed by atoms with Gasteiger partial charge in [-0.1, -0.05) is 4.90 Å². The number of rotatable bonds is 6. The molecule has 20 heavy (non-hydrogen) atoms. The number of halogens is 10. The first-order valence-electron chi connectivity index (χ1n) is 4.98. The smallest absolute Gasteiger partial charge is 0.396 e.